The second-order valence-corrected chi connectivity index (χ2v) is 7.11. The molecule has 1 heterocycles. The molecule has 1 saturated carbocycles. The molecule has 1 unspecified atom stereocenters. The third-order valence-corrected chi connectivity index (χ3v) is 4.49. The molecule has 4 N–H and O–H groups in total. The Morgan fingerprint density at radius 1 is 1.40 bits per heavy atom. The monoisotopic (exact) mass is 300 g/mol. The number of aromatic amines is 1. The summed E-state index contributed by atoms with van der Waals surface area (Å²) >= 11 is 0. The molecule has 1 fully saturated rings. The van der Waals surface area contributed by atoms with Crippen molar-refractivity contribution in [1.82, 2.24) is 15.5 Å². The summed E-state index contributed by atoms with van der Waals surface area (Å²) in [5, 5.41) is 14.4. The standard InChI is InChI=1S/C12H20N4O3S/c1-6(2)9-11(20(13,18)19)10(16-15-9)12(17)14-7(3)8-4-5-8/h6-8H,4-5H2,1-3H3,(H,14,17)(H,15,16)(H2,13,18,19). The largest absolute Gasteiger partial charge is 0.348 e. The molecular weight excluding hydrogens is 280 g/mol. The predicted octanol–water partition coefficient (Wildman–Crippen LogP) is 0.709. The first-order chi connectivity index (χ1) is 9.21. The number of amides is 1. The number of carbonyl (C=O) groups is 1. The Morgan fingerprint density at radius 3 is 2.45 bits per heavy atom. The van der Waals surface area contributed by atoms with Gasteiger partial charge < -0.3 is 5.32 Å². The van der Waals surface area contributed by atoms with E-state index >= 15 is 0 Å². The van der Waals surface area contributed by atoms with Gasteiger partial charge in [-0.05, 0) is 31.6 Å². The number of rotatable bonds is 5. The number of sulfonamides is 1. The van der Waals surface area contributed by atoms with Crippen LogP contribution in [0.1, 0.15) is 55.7 Å². The SMILES string of the molecule is CC(C)c1[nH]nc(C(=O)NC(C)C2CC2)c1S(N)(=O)=O. The highest BCUT2D eigenvalue weighted by Crippen LogP contribution is 2.32. The van der Waals surface area contributed by atoms with Crippen LogP contribution in [-0.2, 0) is 10.0 Å². The van der Waals surface area contributed by atoms with Crippen molar-refractivity contribution >= 4 is 15.9 Å². The molecule has 1 aliphatic carbocycles. The molecule has 1 amide bonds. The molecule has 1 atom stereocenters. The van der Waals surface area contributed by atoms with Crippen LogP contribution in [0.3, 0.4) is 0 Å². The highest BCUT2D eigenvalue weighted by molar-refractivity contribution is 7.89. The van der Waals surface area contributed by atoms with Gasteiger partial charge in [0.1, 0.15) is 4.90 Å². The Kier molecular flexibility index (Phi) is 3.88. The van der Waals surface area contributed by atoms with Gasteiger partial charge in [0.25, 0.3) is 5.91 Å². The number of H-pyrrole nitrogens is 1. The summed E-state index contributed by atoms with van der Waals surface area (Å²) in [6, 6.07) is 0.00929. The van der Waals surface area contributed by atoms with E-state index in [4.69, 9.17) is 5.14 Å². The molecule has 0 aliphatic heterocycles. The first-order valence-electron chi connectivity index (χ1n) is 6.63. The van der Waals surface area contributed by atoms with Gasteiger partial charge in [0.2, 0.25) is 10.0 Å². The van der Waals surface area contributed by atoms with Gasteiger partial charge in [-0.2, -0.15) is 5.10 Å². The van der Waals surface area contributed by atoms with E-state index in [-0.39, 0.29) is 22.5 Å². The van der Waals surface area contributed by atoms with Gasteiger partial charge in [0.15, 0.2) is 5.69 Å². The quantitative estimate of drug-likeness (QED) is 0.742. The first-order valence-corrected chi connectivity index (χ1v) is 8.18. The van der Waals surface area contributed by atoms with Crippen LogP contribution in [-0.4, -0.2) is 30.6 Å². The summed E-state index contributed by atoms with van der Waals surface area (Å²) in [6.45, 7) is 5.51. The summed E-state index contributed by atoms with van der Waals surface area (Å²) in [7, 11) is -4.01. The van der Waals surface area contributed by atoms with E-state index in [0.717, 1.165) is 12.8 Å². The second kappa shape index (κ2) is 5.17. The molecule has 0 bridgehead atoms. The van der Waals surface area contributed by atoms with Crippen LogP contribution in [0.5, 0.6) is 0 Å². The fourth-order valence-corrected chi connectivity index (χ4v) is 3.16. The van der Waals surface area contributed by atoms with Crippen LogP contribution in [0.15, 0.2) is 4.90 Å². The third kappa shape index (κ3) is 3.01. The molecule has 0 radical (unpaired) electrons. The molecule has 0 saturated heterocycles. The lowest BCUT2D eigenvalue weighted by atomic mass is 10.1. The van der Waals surface area contributed by atoms with Crippen molar-refractivity contribution in [1.29, 1.82) is 0 Å². The Balaban J connectivity index is 2.33. The van der Waals surface area contributed by atoms with E-state index in [1.807, 2.05) is 6.92 Å². The molecule has 1 aromatic heterocycles. The minimum absolute atomic E-state index is 0.00929. The lowest BCUT2D eigenvalue weighted by Gasteiger charge is -2.12. The second-order valence-electron chi connectivity index (χ2n) is 5.61. The molecule has 7 nitrogen and oxygen atoms in total. The van der Waals surface area contributed by atoms with Crippen molar-refractivity contribution in [2.24, 2.45) is 11.1 Å². The van der Waals surface area contributed by atoms with E-state index in [9.17, 15) is 13.2 Å². The van der Waals surface area contributed by atoms with Gasteiger partial charge in [-0.1, -0.05) is 13.8 Å². The van der Waals surface area contributed by atoms with Crippen LogP contribution < -0.4 is 10.5 Å². The fraction of sp³-hybridized carbons (Fsp3) is 0.667. The minimum atomic E-state index is -4.01. The van der Waals surface area contributed by atoms with Crippen LogP contribution >= 0.6 is 0 Å². The van der Waals surface area contributed by atoms with Gasteiger partial charge in [-0.15, -0.1) is 0 Å². The number of nitrogens with one attached hydrogen (secondary N) is 2. The maximum atomic E-state index is 12.2. The normalized spacial score (nSPS) is 17.2. The number of nitrogens with two attached hydrogens (primary N) is 1. The van der Waals surface area contributed by atoms with Gasteiger partial charge in [0, 0.05) is 6.04 Å². The van der Waals surface area contributed by atoms with E-state index < -0.39 is 15.9 Å². The molecule has 20 heavy (non-hydrogen) atoms. The lowest BCUT2D eigenvalue weighted by Crippen LogP contribution is -2.35. The number of carbonyl (C=O) groups excluding carboxylic acids is 1. The summed E-state index contributed by atoms with van der Waals surface area (Å²) in [6.07, 6.45) is 2.17. The fourth-order valence-electron chi connectivity index (χ4n) is 2.17. The average Bonchev–Trinajstić information content (AvgIpc) is 3.04. The highest BCUT2D eigenvalue weighted by atomic mass is 32.2. The van der Waals surface area contributed by atoms with Crippen molar-refractivity contribution < 1.29 is 13.2 Å². The molecular formula is C12H20N4O3S. The zero-order chi connectivity index (χ0) is 15.1. The lowest BCUT2D eigenvalue weighted by molar-refractivity contribution is 0.0927. The number of nitrogens with zero attached hydrogens (tertiary/aromatic N) is 1. The highest BCUT2D eigenvalue weighted by Gasteiger charge is 2.33. The third-order valence-electron chi connectivity index (χ3n) is 3.51. The number of primary sulfonamides is 1. The zero-order valence-corrected chi connectivity index (χ0v) is 12.6. The average molecular weight is 300 g/mol. The molecule has 0 spiro atoms. The van der Waals surface area contributed by atoms with Crippen molar-refractivity contribution in [2.45, 2.75) is 50.5 Å². The molecule has 2 rings (SSSR count). The number of hydrogen-bond donors (Lipinski definition) is 3. The van der Waals surface area contributed by atoms with Gasteiger partial charge >= 0.3 is 0 Å². The van der Waals surface area contributed by atoms with E-state index in [2.05, 4.69) is 15.5 Å². The predicted molar refractivity (Wildman–Crippen MR) is 73.7 cm³/mol. The Labute approximate surface area is 118 Å². The summed E-state index contributed by atoms with van der Waals surface area (Å²) in [5.41, 5.74) is 0.209. The Morgan fingerprint density at radius 2 is 2.00 bits per heavy atom. The van der Waals surface area contributed by atoms with Crippen LogP contribution in [0.25, 0.3) is 0 Å². The van der Waals surface area contributed by atoms with E-state index in [1.165, 1.54) is 0 Å². The minimum Gasteiger partial charge on any atom is -0.348 e. The summed E-state index contributed by atoms with van der Waals surface area (Å²) in [4.78, 5) is 12.0. The van der Waals surface area contributed by atoms with Crippen molar-refractivity contribution in [2.75, 3.05) is 0 Å². The van der Waals surface area contributed by atoms with Crippen molar-refractivity contribution in [3.05, 3.63) is 11.4 Å². The smallest absolute Gasteiger partial charge is 0.273 e. The van der Waals surface area contributed by atoms with Gasteiger partial charge in [-0.25, -0.2) is 13.6 Å². The van der Waals surface area contributed by atoms with Gasteiger partial charge in [-0.3, -0.25) is 9.89 Å². The van der Waals surface area contributed by atoms with Crippen molar-refractivity contribution in [3.8, 4) is 0 Å². The van der Waals surface area contributed by atoms with Crippen LogP contribution in [0, 0.1) is 5.92 Å². The first kappa shape index (κ1) is 15.0. The molecule has 112 valence electrons. The maximum Gasteiger partial charge on any atom is 0.273 e. The molecule has 8 heteroatoms. The number of aromatic nitrogens is 2. The topological polar surface area (TPSA) is 118 Å². The maximum absolute atomic E-state index is 12.2. The summed E-state index contributed by atoms with van der Waals surface area (Å²) < 4.78 is 23.4. The molecule has 0 aromatic carbocycles. The Hall–Kier alpha value is -1.41. The van der Waals surface area contributed by atoms with E-state index in [1.54, 1.807) is 13.8 Å². The van der Waals surface area contributed by atoms with Gasteiger partial charge in [0.05, 0.1) is 5.69 Å². The van der Waals surface area contributed by atoms with Crippen LogP contribution in [0.2, 0.25) is 0 Å². The van der Waals surface area contributed by atoms with Crippen LogP contribution in [0.4, 0.5) is 0 Å². The molecule has 1 aliphatic rings. The Bertz CT molecular complexity index is 617. The molecule has 1 aromatic rings. The summed E-state index contributed by atoms with van der Waals surface area (Å²) in [5.74, 6) is -0.157. The van der Waals surface area contributed by atoms with Crippen molar-refractivity contribution in [3.63, 3.8) is 0 Å². The zero-order valence-electron chi connectivity index (χ0n) is 11.8. The number of hydrogen-bond acceptors (Lipinski definition) is 4. The van der Waals surface area contributed by atoms with E-state index in [0.29, 0.717) is 11.6 Å².